The minimum Gasteiger partial charge on any atom is -0.343 e. The van der Waals surface area contributed by atoms with Crippen LogP contribution in [0.2, 0.25) is 0 Å². The number of benzene rings is 1. The molecule has 1 aliphatic heterocycles. The van der Waals surface area contributed by atoms with Crippen LogP contribution in [0, 0.1) is 0 Å². The van der Waals surface area contributed by atoms with Gasteiger partial charge in [-0.1, -0.05) is 29.4 Å². The summed E-state index contributed by atoms with van der Waals surface area (Å²) in [6.45, 7) is 1.47. The summed E-state index contributed by atoms with van der Waals surface area (Å²) in [5, 5.41) is 7.10. The van der Waals surface area contributed by atoms with Crippen molar-refractivity contribution in [2.75, 3.05) is 13.1 Å². The maximum absolute atomic E-state index is 12.5. The van der Waals surface area contributed by atoms with E-state index >= 15 is 0 Å². The van der Waals surface area contributed by atoms with Crippen LogP contribution in [0.25, 0.3) is 0 Å². The Hall–Kier alpha value is -2.37. The number of carbonyl (C=O) groups is 1. The predicted octanol–water partition coefficient (Wildman–Crippen LogP) is 2.65. The second kappa shape index (κ2) is 6.02. The minimum atomic E-state index is 0.0401. The molecule has 1 aromatic heterocycles. The van der Waals surface area contributed by atoms with Crippen LogP contribution in [0.5, 0.6) is 0 Å². The van der Waals surface area contributed by atoms with E-state index in [4.69, 9.17) is 4.52 Å². The fraction of sp³-hybridized carbons (Fsp3) is 0.471. The molecule has 2 aromatic rings. The summed E-state index contributed by atoms with van der Waals surface area (Å²) in [6.07, 6.45) is 5.17. The molecule has 0 spiro atoms. The molecule has 0 unspecified atom stereocenters. The standard InChI is InChI=1S/C17H20N4O2/c22-17(19-15-6-5-12-3-1-2-4-14(12)15)21-9-7-13(8-10-21)16-18-11-23-20-16/h1-4,11,13,15H,5-10H2,(H,19,22)/t15-/m1/s1. The second-order valence-electron chi connectivity index (χ2n) is 6.29. The number of hydrogen-bond acceptors (Lipinski definition) is 4. The number of urea groups is 1. The average Bonchev–Trinajstić information content (AvgIpc) is 3.25. The van der Waals surface area contributed by atoms with Gasteiger partial charge in [0.15, 0.2) is 5.82 Å². The summed E-state index contributed by atoms with van der Waals surface area (Å²) in [7, 11) is 0. The van der Waals surface area contributed by atoms with Gasteiger partial charge in [0, 0.05) is 19.0 Å². The first kappa shape index (κ1) is 14.2. The van der Waals surface area contributed by atoms with E-state index in [0.29, 0.717) is 5.92 Å². The Balaban J connectivity index is 1.34. The molecule has 6 heteroatoms. The lowest BCUT2D eigenvalue weighted by Crippen LogP contribution is -2.45. The van der Waals surface area contributed by atoms with E-state index in [2.05, 4.69) is 33.7 Å². The Morgan fingerprint density at radius 3 is 2.83 bits per heavy atom. The maximum Gasteiger partial charge on any atom is 0.317 e. The molecule has 2 heterocycles. The first-order valence-electron chi connectivity index (χ1n) is 8.21. The zero-order valence-electron chi connectivity index (χ0n) is 12.9. The normalized spacial score (nSPS) is 21.2. The molecule has 2 aliphatic rings. The van der Waals surface area contributed by atoms with Gasteiger partial charge in [-0.25, -0.2) is 4.79 Å². The number of aryl methyl sites for hydroxylation is 1. The lowest BCUT2D eigenvalue weighted by Gasteiger charge is -2.31. The van der Waals surface area contributed by atoms with Gasteiger partial charge in [0.25, 0.3) is 0 Å². The Bertz CT molecular complexity index is 678. The quantitative estimate of drug-likeness (QED) is 0.925. The molecule has 23 heavy (non-hydrogen) atoms. The van der Waals surface area contributed by atoms with Gasteiger partial charge in [0.2, 0.25) is 6.39 Å². The third-order valence-corrected chi connectivity index (χ3v) is 4.96. The molecule has 6 nitrogen and oxygen atoms in total. The number of nitrogens with one attached hydrogen (secondary N) is 1. The van der Waals surface area contributed by atoms with Crippen molar-refractivity contribution in [1.82, 2.24) is 20.4 Å². The van der Waals surface area contributed by atoms with E-state index < -0.39 is 0 Å². The zero-order valence-corrected chi connectivity index (χ0v) is 12.9. The first-order chi connectivity index (χ1) is 11.3. The predicted molar refractivity (Wildman–Crippen MR) is 83.9 cm³/mol. The zero-order chi connectivity index (χ0) is 15.6. The summed E-state index contributed by atoms with van der Waals surface area (Å²) in [4.78, 5) is 18.5. The van der Waals surface area contributed by atoms with Crippen LogP contribution in [0.3, 0.4) is 0 Å². The van der Waals surface area contributed by atoms with Crippen molar-refractivity contribution >= 4 is 6.03 Å². The van der Waals surface area contributed by atoms with Gasteiger partial charge in [0.05, 0.1) is 6.04 Å². The average molecular weight is 312 g/mol. The molecule has 1 N–H and O–H groups in total. The SMILES string of the molecule is O=C(N[C@@H]1CCc2ccccc21)N1CCC(c2ncon2)CC1. The van der Waals surface area contributed by atoms with Crippen LogP contribution in [-0.2, 0) is 6.42 Å². The van der Waals surface area contributed by atoms with Crippen molar-refractivity contribution in [1.29, 1.82) is 0 Å². The van der Waals surface area contributed by atoms with E-state index in [-0.39, 0.29) is 12.1 Å². The Morgan fingerprint density at radius 1 is 1.22 bits per heavy atom. The van der Waals surface area contributed by atoms with Gasteiger partial charge in [-0.15, -0.1) is 0 Å². The van der Waals surface area contributed by atoms with Crippen LogP contribution < -0.4 is 5.32 Å². The van der Waals surface area contributed by atoms with Crippen molar-refractivity contribution < 1.29 is 9.32 Å². The second-order valence-corrected chi connectivity index (χ2v) is 6.29. The highest BCUT2D eigenvalue weighted by molar-refractivity contribution is 5.75. The molecule has 0 radical (unpaired) electrons. The third-order valence-electron chi connectivity index (χ3n) is 4.96. The topological polar surface area (TPSA) is 71.3 Å². The highest BCUT2D eigenvalue weighted by atomic mass is 16.5. The Morgan fingerprint density at radius 2 is 2.04 bits per heavy atom. The lowest BCUT2D eigenvalue weighted by atomic mass is 9.96. The third kappa shape index (κ3) is 2.81. The van der Waals surface area contributed by atoms with Crippen molar-refractivity contribution in [2.24, 2.45) is 0 Å². The maximum atomic E-state index is 12.5. The molecule has 120 valence electrons. The van der Waals surface area contributed by atoms with Gasteiger partial charge in [-0.3, -0.25) is 0 Å². The molecule has 0 saturated carbocycles. The van der Waals surface area contributed by atoms with Crippen LogP contribution in [0.15, 0.2) is 35.2 Å². The van der Waals surface area contributed by atoms with E-state index in [1.54, 1.807) is 0 Å². The fourth-order valence-corrected chi connectivity index (χ4v) is 3.65. The number of amides is 2. The summed E-state index contributed by atoms with van der Waals surface area (Å²) < 4.78 is 4.81. The van der Waals surface area contributed by atoms with E-state index in [0.717, 1.165) is 44.6 Å². The molecule has 1 saturated heterocycles. The summed E-state index contributed by atoms with van der Waals surface area (Å²) in [5.41, 5.74) is 2.62. The molecule has 1 aromatic carbocycles. The largest absolute Gasteiger partial charge is 0.343 e. The van der Waals surface area contributed by atoms with Gasteiger partial charge < -0.3 is 14.7 Å². The number of piperidine rings is 1. The van der Waals surface area contributed by atoms with Crippen LogP contribution >= 0.6 is 0 Å². The van der Waals surface area contributed by atoms with Crippen molar-refractivity contribution in [3.63, 3.8) is 0 Å². The Kier molecular flexibility index (Phi) is 3.73. The molecule has 4 rings (SSSR count). The number of aromatic nitrogens is 2. The Labute approximate surface area is 134 Å². The fourth-order valence-electron chi connectivity index (χ4n) is 3.65. The van der Waals surface area contributed by atoms with E-state index in [1.165, 1.54) is 17.5 Å². The van der Waals surface area contributed by atoms with Gasteiger partial charge in [-0.05, 0) is 36.8 Å². The highest BCUT2D eigenvalue weighted by Crippen LogP contribution is 2.31. The minimum absolute atomic E-state index is 0.0401. The monoisotopic (exact) mass is 312 g/mol. The number of carbonyl (C=O) groups excluding carboxylic acids is 1. The van der Waals surface area contributed by atoms with E-state index in [1.807, 2.05) is 11.0 Å². The number of fused-ring (bicyclic) bond motifs is 1. The number of likely N-dealkylation sites (tertiary alicyclic amines) is 1. The summed E-state index contributed by atoms with van der Waals surface area (Å²) in [5.74, 6) is 1.06. The van der Waals surface area contributed by atoms with Crippen molar-refractivity contribution in [3.8, 4) is 0 Å². The van der Waals surface area contributed by atoms with Crippen LogP contribution in [0.4, 0.5) is 4.79 Å². The highest BCUT2D eigenvalue weighted by Gasteiger charge is 2.29. The molecule has 1 fully saturated rings. The van der Waals surface area contributed by atoms with Crippen molar-refractivity contribution in [3.05, 3.63) is 47.6 Å². The summed E-state index contributed by atoms with van der Waals surface area (Å²) in [6, 6.07) is 8.56. The van der Waals surface area contributed by atoms with Gasteiger partial charge in [-0.2, -0.15) is 4.98 Å². The van der Waals surface area contributed by atoms with Crippen LogP contribution in [-0.4, -0.2) is 34.2 Å². The number of nitrogens with zero attached hydrogens (tertiary/aromatic N) is 3. The summed E-state index contributed by atoms with van der Waals surface area (Å²) >= 11 is 0. The molecule has 1 atom stereocenters. The van der Waals surface area contributed by atoms with Crippen LogP contribution in [0.1, 0.15) is 48.2 Å². The molecule has 2 amide bonds. The molecule has 1 aliphatic carbocycles. The van der Waals surface area contributed by atoms with Crippen molar-refractivity contribution in [2.45, 2.75) is 37.6 Å². The smallest absolute Gasteiger partial charge is 0.317 e. The van der Waals surface area contributed by atoms with Gasteiger partial charge >= 0.3 is 6.03 Å². The van der Waals surface area contributed by atoms with E-state index in [9.17, 15) is 4.79 Å². The molecule has 0 bridgehead atoms. The number of hydrogen-bond donors (Lipinski definition) is 1. The molecular formula is C17H20N4O2. The molecular weight excluding hydrogens is 292 g/mol. The first-order valence-corrected chi connectivity index (χ1v) is 8.21. The number of rotatable bonds is 2. The lowest BCUT2D eigenvalue weighted by molar-refractivity contribution is 0.176. The van der Waals surface area contributed by atoms with Gasteiger partial charge in [0.1, 0.15) is 0 Å².